The molecular weight excluding hydrogens is 502 g/mol. The fraction of sp³-hybridized carbons (Fsp3) is 0.367. The zero-order valence-electron chi connectivity index (χ0n) is 21.8. The summed E-state index contributed by atoms with van der Waals surface area (Å²) in [5, 5.41) is 14.1. The lowest BCUT2D eigenvalue weighted by Crippen LogP contribution is -2.66. The number of ether oxygens (including phenoxy) is 4. The summed E-state index contributed by atoms with van der Waals surface area (Å²) in [4.78, 5) is 38.2. The molecule has 2 N–H and O–H groups in total. The van der Waals surface area contributed by atoms with Crippen LogP contribution < -0.4 is 5.32 Å². The Labute approximate surface area is 228 Å². The number of hydrogen-bond acceptors (Lipinski definition) is 8. The molecule has 1 aliphatic rings. The second kappa shape index (κ2) is 15.6. The molecule has 9 nitrogen and oxygen atoms in total. The van der Waals surface area contributed by atoms with E-state index < -0.39 is 42.6 Å². The predicted octanol–water partition coefficient (Wildman–Crippen LogP) is 3.59. The van der Waals surface area contributed by atoms with Gasteiger partial charge in [-0.3, -0.25) is 4.79 Å². The van der Waals surface area contributed by atoms with E-state index >= 15 is 0 Å². The van der Waals surface area contributed by atoms with Gasteiger partial charge in [0.1, 0.15) is 24.9 Å². The minimum Gasteiger partial charge on any atom is -0.459 e. The van der Waals surface area contributed by atoms with Crippen molar-refractivity contribution < 1.29 is 38.4 Å². The molecule has 9 heteroatoms. The number of esters is 2. The van der Waals surface area contributed by atoms with Crippen LogP contribution in [0, 0.1) is 0 Å². The molecule has 0 bridgehead atoms. The molecule has 1 saturated heterocycles. The Morgan fingerprint density at radius 3 is 2.15 bits per heavy atom. The fourth-order valence-electron chi connectivity index (χ4n) is 3.99. The Bertz CT molecular complexity index is 1090. The Morgan fingerprint density at radius 2 is 1.54 bits per heavy atom. The number of unbranched alkanes of at least 4 members (excludes halogenated alkanes) is 1. The average Bonchev–Trinajstić information content (AvgIpc) is 2.97. The van der Waals surface area contributed by atoms with Crippen molar-refractivity contribution in [2.75, 3.05) is 13.2 Å². The van der Waals surface area contributed by atoms with Gasteiger partial charge < -0.3 is 29.4 Å². The SMILES string of the molecule is C=CCCCO[C@@H]1O[C@H](COC(=O)c2ccccc2)[C@@H](O)[C@H](OC(=O)c2ccccc2)[C@H]1NC(=O)CCC=C. The molecule has 2 aromatic rings. The summed E-state index contributed by atoms with van der Waals surface area (Å²) in [6.45, 7) is 7.25. The minimum atomic E-state index is -1.45. The third-order valence-electron chi connectivity index (χ3n) is 6.05. The van der Waals surface area contributed by atoms with Gasteiger partial charge in [-0.05, 0) is 43.5 Å². The van der Waals surface area contributed by atoms with E-state index in [0.717, 1.165) is 0 Å². The van der Waals surface area contributed by atoms with Gasteiger partial charge in [-0.25, -0.2) is 9.59 Å². The van der Waals surface area contributed by atoms with E-state index in [2.05, 4.69) is 18.5 Å². The van der Waals surface area contributed by atoms with Crippen LogP contribution in [-0.2, 0) is 23.7 Å². The summed E-state index contributed by atoms with van der Waals surface area (Å²) < 4.78 is 23.1. The van der Waals surface area contributed by atoms with E-state index in [4.69, 9.17) is 18.9 Å². The quantitative estimate of drug-likeness (QED) is 0.213. The molecule has 1 aliphatic heterocycles. The van der Waals surface area contributed by atoms with Gasteiger partial charge in [0.25, 0.3) is 0 Å². The molecule has 5 atom stereocenters. The van der Waals surface area contributed by atoms with E-state index in [9.17, 15) is 19.5 Å². The predicted molar refractivity (Wildman–Crippen MR) is 144 cm³/mol. The number of aliphatic hydroxyl groups is 1. The van der Waals surface area contributed by atoms with Gasteiger partial charge in [0, 0.05) is 6.42 Å². The summed E-state index contributed by atoms with van der Waals surface area (Å²) in [6, 6.07) is 15.6. The first-order valence-corrected chi connectivity index (χ1v) is 12.9. The standard InChI is InChI=1S/C30H35NO8/c1-3-5-13-19-36-30-25(31-24(32)18-6-4-2)27(39-29(35)22-16-11-8-12-17-22)26(33)23(38-30)20-37-28(34)21-14-9-7-10-15-21/h3-4,7-12,14-17,23,25-27,30,33H,1-2,5-6,13,18-20H2,(H,31,32)/t23-,25-,26-,27-,30-/m1/s1. The van der Waals surface area contributed by atoms with Crippen LogP contribution in [0.4, 0.5) is 0 Å². The highest BCUT2D eigenvalue weighted by Crippen LogP contribution is 2.27. The highest BCUT2D eigenvalue weighted by molar-refractivity contribution is 5.90. The number of hydrogen-bond donors (Lipinski definition) is 2. The maximum atomic E-state index is 13.0. The molecule has 208 valence electrons. The van der Waals surface area contributed by atoms with Gasteiger partial charge >= 0.3 is 11.9 Å². The maximum Gasteiger partial charge on any atom is 0.338 e. The molecule has 0 saturated carbocycles. The Kier molecular flexibility index (Phi) is 11.9. The zero-order chi connectivity index (χ0) is 28.0. The van der Waals surface area contributed by atoms with E-state index in [1.807, 2.05) is 0 Å². The van der Waals surface area contributed by atoms with Crippen molar-refractivity contribution in [3.05, 3.63) is 97.1 Å². The van der Waals surface area contributed by atoms with Crippen molar-refractivity contribution in [2.24, 2.45) is 0 Å². The van der Waals surface area contributed by atoms with Crippen molar-refractivity contribution in [3.8, 4) is 0 Å². The molecule has 3 rings (SSSR count). The largest absolute Gasteiger partial charge is 0.459 e. The van der Waals surface area contributed by atoms with Gasteiger partial charge in [-0.2, -0.15) is 0 Å². The van der Waals surface area contributed by atoms with Crippen LogP contribution in [0.25, 0.3) is 0 Å². The van der Waals surface area contributed by atoms with Gasteiger partial charge in [0.15, 0.2) is 12.4 Å². The molecule has 1 heterocycles. The van der Waals surface area contributed by atoms with Crippen molar-refractivity contribution in [3.63, 3.8) is 0 Å². The molecule has 0 aromatic heterocycles. The smallest absolute Gasteiger partial charge is 0.338 e. The van der Waals surface area contributed by atoms with Gasteiger partial charge in [-0.1, -0.05) is 48.6 Å². The fourth-order valence-corrected chi connectivity index (χ4v) is 3.99. The number of amides is 1. The molecule has 0 unspecified atom stereocenters. The summed E-state index contributed by atoms with van der Waals surface area (Å²) in [6.07, 6.45) is 0.343. The summed E-state index contributed by atoms with van der Waals surface area (Å²) in [7, 11) is 0. The normalized spacial score (nSPS) is 22.3. The molecule has 0 aliphatic carbocycles. The van der Waals surface area contributed by atoms with Crippen LogP contribution >= 0.6 is 0 Å². The van der Waals surface area contributed by atoms with Crippen molar-refractivity contribution in [2.45, 2.75) is 56.3 Å². The molecule has 0 spiro atoms. The van der Waals surface area contributed by atoms with Crippen molar-refractivity contribution in [1.82, 2.24) is 5.32 Å². The maximum absolute atomic E-state index is 13.0. The number of nitrogens with one attached hydrogen (secondary N) is 1. The van der Waals surface area contributed by atoms with Gasteiger partial charge in [-0.15, -0.1) is 13.2 Å². The Balaban J connectivity index is 1.84. The molecular formula is C30H35NO8. The first kappa shape index (κ1) is 29.8. The molecule has 1 amide bonds. The third kappa shape index (κ3) is 8.88. The third-order valence-corrected chi connectivity index (χ3v) is 6.05. The van der Waals surface area contributed by atoms with E-state index in [1.54, 1.807) is 72.8 Å². The summed E-state index contributed by atoms with van der Waals surface area (Å²) in [5.41, 5.74) is 0.600. The zero-order valence-corrected chi connectivity index (χ0v) is 21.8. The second-order valence-corrected chi connectivity index (χ2v) is 8.96. The molecule has 0 radical (unpaired) electrons. The average molecular weight is 538 g/mol. The van der Waals surface area contributed by atoms with E-state index in [0.29, 0.717) is 24.8 Å². The Hall–Kier alpha value is -3.79. The lowest BCUT2D eigenvalue weighted by Gasteiger charge is -2.44. The second-order valence-electron chi connectivity index (χ2n) is 8.96. The highest BCUT2D eigenvalue weighted by Gasteiger charge is 2.49. The number of allylic oxidation sites excluding steroid dienone is 2. The van der Waals surface area contributed by atoms with Gasteiger partial charge in [0.05, 0.1) is 17.7 Å². The number of carbonyl (C=O) groups is 3. The monoisotopic (exact) mass is 537 g/mol. The highest BCUT2D eigenvalue weighted by atomic mass is 16.7. The van der Waals surface area contributed by atoms with Crippen molar-refractivity contribution >= 4 is 17.8 Å². The molecule has 1 fully saturated rings. The van der Waals surface area contributed by atoms with Crippen LogP contribution in [0.3, 0.4) is 0 Å². The van der Waals surface area contributed by atoms with Crippen LogP contribution in [0.15, 0.2) is 86.0 Å². The summed E-state index contributed by atoms with van der Waals surface area (Å²) >= 11 is 0. The number of aliphatic hydroxyl groups excluding tert-OH is 1. The first-order chi connectivity index (χ1) is 18.9. The van der Waals surface area contributed by atoms with Crippen molar-refractivity contribution in [1.29, 1.82) is 0 Å². The van der Waals surface area contributed by atoms with E-state index in [1.165, 1.54) is 0 Å². The number of carbonyl (C=O) groups excluding carboxylic acids is 3. The lowest BCUT2D eigenvalue weighted by molar-refractivity contribution is -0.269. The van der Waals surface area contributed by atoms with Crippen LogP contribution in [0.5, 0.6) is 0 Å². The minimum absolute atomic E-state index is 0.136. The van der Waals surface area contributed by atoms with Crippen LogP contribution in [0.1, 0.15) is 46.4 Å². The number of rotatable bonds is 14. The number of benzene rings is 2. The van der Waals surface area contributed by atoms with E-state index in [-0.39, 0.29) is 31.1 Å². The molecule has 2 aromatic carbocycles. The summed E-state index contributed by atoms with van der Waals surface area (Å²) in [5.74, 6) is -1.66. The molecule has 39 heavy (non-hydrogen) atoms. The van der Waals surface area contributed by atoms with Gasteiger partial charge in [0.2, 0.25) is 5.91 Å². The lowest BCUT2D eigenvalue weighted by atomic mass is 9.96. The first-order valence-electron chi connectivity index (χ1n) is 12.9. The topological polar surface area (TPSA) is 120 Å². The van der Waals surface area contributed by atoms with Crippen LogP contribution in [-0.4, -0.2) is 66.8 Å². The Morgan fingerprint density at radius 1 is 0.923 bits per heavy atom. The van der Waals surface area contributed by atoms with Crippen LogP contribution in [0.2, 0.25) is 0 Å².